The molecule has 0 aromatic rings. The standard InChI is InChI=1S/C21H35N3O6S/c1-12(23(7)19(28)30-20(2,3)4)16(25)22-13-9-10-31-14-11-21(5,6)15(18(27)29-8)24(14)17(13)26/h12-15H,9-11H2,1-8H3,(H,22,25)/t12-,13?,14-,15+/m0/s1. The van der Waals surface area contributed by atoms with Crippen LogP contribution in [0.2, 0.25) is 0 Å². The molecule has 3 amide bonds. The zero-order valence-corrected chi connectivity index (χ0v) is 20.5. The zero-order chi connectivity index (χ0) is 23.7. The molecule has 4 atom stereocenters. The van der Waals surface area contributed by atoms with Crippen molar-refractivity contribution in [3.63, 3.8) is 0 Å². The number of likely N-dealkylation sites (N-methyl/N-ethyl adjacent to an activating group) is 1. The van der Waals surface area contributed by atoms with E-state index >= 15 is 0 Å². The highest BCUT2D eigenvalue weighted by Crippen LogP contribution is 2.46. The third-order valence-corrected chi connectivity index (χ3v) is 6.93. The van der Waals surface area contributed by atoms with E-state index in [1.54, 1.807) is 44.4 Å². The molecule has 2 fully saturated rings. The van der Waals surface area contributed by atoms with Crippen molar-refractivity contribution in [1.82, 2.24) is 15.1 Å². The molecular weight excluding hydrogens is 422 g/mol. The van der Waals surface area contributed by atoms with Gasteiger partial charge < -0.3 is 19.7 Å². The summed E-state index contributed by atoms with van der Waals surface area (Å²) in [5.41, 5.74) is -1.12. The second-order valence-electron chi connectivity index (χ2n) is 9.81. The Morgan fingerprint density at radius 2 is 1.90 bits per heavy atom. The highest BCUT2D eigenvalue weighted by Gasteiger charge is 2.55. The van der Waals surface area contributed by atoms with Gasteiger partial charge in [0.05, 0.1) is 12.5 Å². The Balaban J connectivity index is 2.14. The molecule has 31 heavy (non-hydrogen) atoms. The summed E-state index contributed by atoms with van der Waals surface area (Å²) in [4.78, 5) is 53.8. The van der Waals surface area contributed by atoms with Crippen molar-refractivity contribution in [3.05, 3.63) is 0 Å². The fourth-order valence-electron chi connectivity index (χ4n) is 3.87. The summed E-state index contributed by atoms with van der Waals surface area (Å²) in [6.45, 7) is 10.7. The van der Waals surface area contributed by atoms with Gasteiger partial charge in [-0.1, -0.05) is 13.8 Å². The number of nitrogens with zero attached hydrogens (tertiary/aromatic N) is 2. The van der Waals surface area contributed by atoms with Gasteiger partial charge in [-0.15, -0.1) is 11.8 Å². The predicted octanol–water partition coefficient (Wildman–Crippen LogP) is 1.99. The Morgan fingerprint density at radius 3 is 2.45 bits per heavy atom. The maximum atomic E-state index is 13.4. The van der Waals surface area contributed by atoms with Crippen molar-refractivity contribution < 1.29 is 28.7 Å². The lowest BCUT2D eigenvalue weighted by Crippen LogP contribution is -2.57. The van der Waals surface area contributed by atoms with Gasteiger partial charge in [0, 0.05) is 7.05 Å². The van der Waals surface area contributed by atoms with Gasteiger partial charge in [-0.3, -0.25) is 14.5 Å². The van der Waals surface area contributed by atoms with Crippen LogP contribution in [0.15, 0.2) is 0 Å². The van der Waals surface area contributed by atoms with Crippen LogP contribution in [-0.4, -0.2) is 82.7 Å². The monoisotopic (exact) mass is 457 g/mol. The molecule has 2 heterocycles. The summed E-state index contributed by atoms with van der Waals surface area (Å²) >= 11 is 1.61. The largest absolute Gasteiger partial charge is 0.467 e. The Labute approximate surface area is 188 Å². The van der Waals surface area contributed by atoms with Crippen LogP contribution in [0.3, 0.4) is 0 Å². The van der Waals surface area contributed by atoms with Crippen LogP contribution in [0, 0.1) is 5.41 Å². The molecule has 1 N–H and O–H groups in total. The van der Waals surface area contributed by atoms with Gasteiger partial charge in [-0.05, 0) is 51.7 Å². The Morgan fingerprint density at radius 1 is 1.29 bits per heavy atom. The van der Waals surface area contributed by atoms with E-state index in [2.05, 4.69) is 5.32 Å². The van der Waals surface area contributed by atoms with Crippen LogP contribution in [0.5, 0.6) is 0 Å². The highest BCUT2D eigenvalue weighted by molar-refractivity contribution is 7.99. The van der Waals surface area contributed by atoms with Crippen LogP contribution in [0.25, 0.3) is 0 Å². The molecule has 0 aliphatic carbocycles. The maximum absolute atomic E-state index is 13.4. The molecule has 176 valence electrons. The fourth-order valence-corrected chi connectivity index (χ4v) is 5.45. The van der Waals surface area contributed by atoms with E-state index < -0.39 is 47.1 Å². The first kappa shape index (κ1) is 25.3. The number of nitrogens with one attached hydrogen (secondary N) is 1. The van der Waals surface area contributed by atoms with E-state index in [-0.39, 0.29) is 11.3 Å². The predicted molar refractivity (Wildman–Crippen MR) is 117 cm³/mol. The highest BCUT2D eigenvalue weighted by atomic mass is 32.2. The Hall–Kier alpha value is -1.97. The fraction of sp³-hybridized carbons (Fsp3) is 0.810. The number of carbonyl (C=O) groups is 4. The summed E-state index contributed by atoms with van der Waals surface area (Å²) in [7, 11) is 2.80. The number of fused-ring (bicyclic) bond motifs is 1. The average molecular weight is 458 g/mol. The first-order valence-electron chi connectivity index (χ1n) is 10.5. The zero-order valence-electron chi connectivity index (χ0n) is 19.7. The quantitative estimate of drug-likeness (QED) is 0.644. The smallest absolute Gasteiger partial charge is 0.410 e. The minimum absolute atomic E-state index is 0.143. The number of hydrogen-bond donors (Lipinski definition) is 1. The third kappa shape index (κ3) is 5.64. The molecule has 2 rings (SSSR count). The molecule has 9 nitrogen and oxygen atoms in total. The SMILES string of the molecule is COC(=O)[C@H]1N2C(=O)C(NC(=O)[C@H](C)N(C)C(=O)OC(C)(C)C)CCS[C@H]2CC1(C)C. The van der Waals surface area contributed by atoms with Gasteiger partial charge in [0.1, 0.15) is 23.7 Å². The summed E-state index contributed by atoms with van der Waals surface area (Å²) < 4.78 is 10.3. The van der Waals surface area contributed by atoms with E-state index in [1.807, 2.05) is 13.8 Å². The molecule has 2 aliphatic rings. The normalized spacial score (nSPS) is 26.4. The van der Waals surface area contributed by atoms with Gasteiger partial charge in [-0.2, -0.15) is 0 Å². The first-order chi connectivity index (χ1) is 14.2. The van der Waals surface area contributed by atoms with Gasteiger partial charge in [0.2, 0.25) is 11.8 Å². The first-order valence-corrected chi connectivity index (χ1v) is 11.5. The topological polar surface area (TPSA) is 105 Å². The summed E-state index contributed by atoms with van der Waals surface area (Å²) in [6.07, 6.45) is 0.492. The number of thioether (sulfide) groups is 1. The van der Waals surface area contributed by atoms with Crippen LogP contribution in [0.1, 0.15) is 54.4 Å². The Bertz CT molecular complexity index is 735. The average Bonchev–Trinajstić information content (AvgIpc) is 2.84. The molecule has 0 aromatic carbocycles. The number of amides is 3. The lowest BCUT2D eigenvalue weighted by molar-refractivity contribution is -0.155. The molecular formula is C21H35N3O6S. The minimum atomic E-state index is -0.833. The van der Waals surface area contributed by atoms with E-state index in [9.17, 15) is 19.2 Å². The molecule has 0 spiro atoms. The van der Waals surface area contributed by atoms with Gasteiger partial charge >= 0.3 is 12.1 Å². The number of carbonyl (C=O) groups excluding carboxylic acids is 4. The van der Waals surface area contributed by atoms with Crippen LogP contribution in [0.4, 0.5) is 4.79 Å². The molecule has 10 heteroatoms. The van der Waals surface area contributed by atoms with Crippen molar-refractivity contribution in [2.24, 2.45) is 5.41 Å². The molecule has 0 saturated carbocycles. The van der Waals surface area contributed by atoms with Crippen molar-refractivity contribution in [1.29, 1.82) is 0 Å². The maximum Gasteiger partial charge on any atom is 0.410 e. The summed E-state index contributed by atoms with van der Waals surface area (Å²) in [6, 6.07) is -2.32. The van der Waals surface area contributed by atoms with E-state index in [0.717, 1.165) is 0 Å². The molecule has 0 radical (unpaired) electrons. The molecule has 1 unspecified atom stereocenters. The van der Waals surface area contributed by atoms with Crippen molar-refractivity contribution in [3.8, 4) is 0 Å². The van der Waals surface area contributed by atoms with Crippen molar-refractivity contribution >= 4 is 35.6 Å². The van der Waals surface area contributed by atoms with Crippen LogP contribution < -0.4 is 5.32 Å². The van der Waals surface area contributed by atoms with Crippen molar-refractivity contribution in [2.75, 3.05) is 19.9 Å². The number of hydrogen-bond acceptors (Lipinski definition) is 7. The lowest BCUT2D eigenvalue weighted by Gasteiger charge is -2.33. The van der Waals surface area contributed by atoms with Crippen LogP contribution in [-0.2, 0) is 23.9 Å². The minimum Gasteiger partial charge on any atom is -0.467 e. The molecule has 0 aromatic heterocycles. The summed E-state index contributed by atoms with van der Waals surface area (Å²) in [5.74, 6) is -0.538. The molecule has 2 aliphatic heterocycles. The molecule has 2 saturated heterocycles. The summed E-state index contributed by atoms with van der Waals surface area (Å²) in [5, 5.41) is 2.64. The van der Waals surface area contributed by atoms with E-state index in [1.165, 1.54) is 19.1 Å². The molecule has 0 bridgehead atoms. The van der Waals surface area contributed by atoms with E-state index in [0.29, 0.717) is 18.6 Å². The van der Waals surface area contributed by atoms with Gasteiger partial charge in [0.25, 0.3) is 0 Å². The van der Waals surface area contributed by atoms with Gasteiger partial charge in [-0.25, -0.2) is 9.59 Å². The third-order valence-electron chi connectivity index (χ3n) is 5.68. The number of methoxy groups -OCH3 is 1. The van der Waals surface area contributed by atoms with Gasteiger partial charge in [0.15, 0.2) is 0 Å². The lowest BCUT2D eigenvalue weighted by atomic mass is 9.84. The second kappa shape index (κ2) is 9.26. The second-order valence-corrected chi connectivity index (χ2v) is 11.1. The van der Waals surface area contributed by atoms with Crippen LogP contribution >= 0.6 is 11.8 Å². The number of ether oxygens (including phenoxy) is 2. The number of esters is 1. The van der Waals surface area contributed by atoms with Crippen molar-refractivity contribution in [2.45, 2.75) is 83.5 Å². The number of rotatable bonds is 4. The Kier molecular flexibility index (Phi) is 7.55. The van der Waals surface area contributed by atoms with E-state index in [4.69, 9.17) is 9.47 Å².